The number of fused-ring (bicyclic) bond motifs is 1. The highest BCUT2D eigenvalue weighted by Crippen LogP contribution is 2.33. The summed E-state index contributed by atoms with van der Waals surface area (Å²) in [6, 6.07) is 23.3. The van der Waals surface area contributed by atoms with Crippen molar-refractivity contribution in [3.05, 3.63) is 77.9 Å². The molecular formula is C19H17ClS. The highest BCUT2D eigenvalue weighted by atomic mass is 35.5. The Morgan fingerprint density at radius 1 is 0.905 bits per heavy atom. The fourth-order valence-electron chi connectivity index (χ4n) is 2.70. The Morgan fingerprint density at radius 3 is 2.48 bits per heavy atom. The Hall–Kier alpha value is -1.44. The van der Waals surface area contributed by atoms with Gasteiger partial charge in [0.1, 0.15) is 0 Å². The number of rotatable bonds is 4. The van der Waals surface area contributed by atoms with Gasteiger partial charge in [0.2, 0.25) is 0 Å². The van der Waals surface area contributed by atoms with Crippen LogP contribution in [0.4, 0.5) is 0 Å². The van der Waals surface area contributed by atoms with E-state index in [9.17, 15) is 0 Å². The van der Waals surface area contributed by atoms with Crippen molar-refractivity contribution in [3.8, 4) is 0 Å². The SMILES string of the molecule is CSc1ccccc1C(Cl)Cc1cccc2ccccc12. The van der Waals surface area contributed by atoms with E-state index in [1.54, 1.807) is 11.8 Å². The lowest BCUT2D eigenvalue weighted by Crippen LogP contribution is -1.98. The van der Waals surface area contributed by atoms with Gasteiger partial charge in [0.05, 0.1) is 5.38 Å². The molecule has 2 heteroatoms. The molecule has 0 aliphatic rings. The molecule has 0 spiro atoms. The molecule has 3 aromatic rings. The first-order chi connectivity index (χ1) is 10.3. The van der Waals surface area contributed by atoms with Crippen molar-refractivity contribution in [1.29, 1.82) is 0 Å². The average molecular weight is 313 g/mol. The predicted molar refractivity (Wildman–Crippen MR) is 94.5 cm³/mol. The summed E-state index contributed by atoms with van der Waals surface area (Å²) in [5.41, 5.74) is 2.53. The number of benzene rings is 3. The summed E-state index contributed by atoms with van der Waals surface area (Å²) >= 11 is 8.47. The van der Waals surface area contributed by atoms with Crippen molar-refractivity contribution in [2.24, 2.45) is 0 Å². The van der Waals surface area contributed by atoms with Crippen LogP contribution in [0.2, 0.25) is 0 Å². The summed E-state index contributed by atoms with van der Waals surface area (Å²) in [6.45, 7) is 0. The zero-order chi connectivity index (χ0) is 14.7. The Balaban J connectivity index is 1.95. The Morgan fingerprint density at radius 2 is 1.62 bits per heavy atom. The fourth-order valence-corrected chi connectivity index (χ4v) is 3.78. The monoisotopic (exact) mass is 312 g/mol. The smallest absolute Gasteiger partial charge is 0.0636 e. The van der Waals surface area contributed by atoms with Gasteiger partial charge in [-0.1, -0.05) is 60.7 Å². The van der Waals surface area contributed by atoms with Crippen molar-refractivity contribution in [2.75, 3.05) is 6.26 Å². The second-order valence-corrected chi connectivity index (χ2v) is 6.43. The van der Waals surface area contributed by atoms with Crippen molar-refractivity contribution in [1.82, 2.24) is 0 Å². The first-order valence-corrected chi connectivity index (χ1v) is 8.69. The molecule has 0 saturated heterocycles. The molecule has 0 aromatic heterocycles. The zero-order valence-corrected chi connectivity index (χ0v) is 13.5. The van der Waals surface area contributed by atoms with Crippen LogP contribution < -0.4 is 0 Å². The summed E-state index contributed by atoms with van der Waals surface area (Å²) in [5.74, 6) is 0. The molecule has 21 heavy (non-hydrogen) atoms. The molecule has 3 aromatic carbocycles. The van der Waals surface area contributed by atoms with Gasteiger partial charge in [0.15, 0.2) is 0 Å². The summed E-state index contributed by atoms with van der Waals surface area (Å²) in [5, 5.41) is 2.57. The van der Waals surface area contributed by atoms with Crippen LogP contribution in [0.15, 0.2) is 71.6 Å². The number of thioether (sulfide) groups is 1. The standard InChI is InChI=1S/C19H17ClS/c1-21-19-12-5-4-11-17(19)18(20)13-15-9-6-8-14-7-2-3-10-16(14)15/h2-12,18H,13H2,1H3. The summed E-state index contributed by atoms with van der Waals surface area (Å²) in [6.07, 6.45) is 2.95. The second-order valence-electron chi connectivity index (χ2n) is 5.05. The minimum absolute atomic E-state index is 0.000504. The van der Waals surface area contributed by atoms with Gasteiger partial charge in [-0.25, -0.2) is 0 Å². The van der Waals surface area contributed by atoms with Crippen molar-refractivity contribution in [2.45, 2.75) is 16.7 Å². The van der Waals surface area contributed by atoms with Gasteiger partial charge in [0, 0.05) is 4.90 Å². The molecular weight excluding hydrogens is 296 g/mol. The summed E-state index contributed by atoms with van der Waals surface area (Å²) in [7, 11) is 0. The molecule has 1 unspecified atom stereocenters. The van der Waals surface area contributed by atoms with Gasteiger partial charge in [0.25, 0.3) is 0 Å². The third kappa shape index (κ3) is 3.09. The van der Waals surface area contributed by atoms with E-state index in [0.29, 0.717) is 0 Å². The molecule has 3 rings (SSSR count). The molecule has 0 fully saturated rings. The second kappa shape index (κ2) is 6.55. The van der Waals surface area contributed by atoms with E-state index in [1.165, 1.54) is 26.8 Å². The van der Waals surface area contributed by atoms with Crippen LogP contribution in [-0.2, 0) is 6.42 Å². The van der Waals surface area contributed by atoms with E-state index in [2.05, 4.69) is 73.0 Å². The summed E-state index contributed by atoms with van der Waals surface area (Å²) in [4.78, 5) is 1.26. The van der Waals surface area contributed by atoms with Crippen LogP contribution in [0, 0.1) is 0 Å². The van der Waals surface area contributed by atoms with Crippen LogP contribution >= 0.6 is 23.4 Å². The highest BCUT2D eigenvalue weighted by Gasteiger charge is 2.14. The quantitative estimate of drug-likeness (QED) is 0.415. The van der Waals surface area contributed by atoms with Gasteiger partial charge < -0.3 is 0 Å². The van der Waals surface area contributed by atoms with Crippen LogP contribution in [0.3, 0.4) is 0 Å². The van der Waals surface area contributed by atoms with E-state index in [1.807, 2.05) is 0 Å². The number of alkyl halides is 1. The van der Waals surface area contributed by atoms with Crippen molar-refractivity contribution >= 4 is 34.1 Å². The van der Waals surface area contributed by atoms with E-state index >= 15 is 0 Å². The predicted octanol–water partition coefficient (Wildman–Crippen LogP) is 6.08. The van der Waals surface area contributed by atoms with Crippen LogP contribution in [-0.4, -0.2) is 6.26 Å². The number of hydrogen-bond acceptors (Lipinski definition) is 1. The Kier molecular flexibility index (Phi) is 4.52. The summed E-state index contributed by atoms with van der Waals surface area (Å²) < 4.78 is 0. The van der Waals surface area contributed by atoms with Crippen molar-refractivity contribution < 1.29 is 0 Å². The Bertz CT molecular complexity index is 746. The van der Waals surface area contributed by atoms with E-state index in [4.69, 9.17) is 11.6 Å². The average Bonchev–Trinajstić information content (AvgIpc) is 2.55. The maximum Gasteiger partial charge on any atom is 0.0636 e. The maximum atomic E-state index is 6.71. The van der Waals surface area contributed by atoms with Gasteiger partial charge in [-0.3, -0.25) is 0 Å². The van der Waals surface area contributed by atoms with E-state index < -0.39 is 0 Å². The van der Waals surface area contributed by atoms with E-state index in [0.717, 1.165) is 6.42 Å². The van der Waals surface area contributed by atoms with Gasteiger partial charge in [-0.2, -0.15) is 0 Å². The number of halogens is 1. The van der Waals surface area contributed by atoms with Gasteiger partial charge in [-0.15, -0.1) is 23.4 Å². The fraction of sp³-hybridized carbons (Fsp3) is 0.158. The molecule has 0 saturated carbocycles. The lowest BCUT2D eigenvalue weighted by atomic mass is 9.98. The van der Waals surface area contributed by atoms with Crippen LogP contribution in [0.5, 0.6) is 0 Å². The van der Waals surface area contributed by atoms with Crippen LogP contribution in [0.25, 0.3) is 10.8 Å². The van der Waals surface area contributed by atoms with Crippen molar-refractivity contribution in [3.63, 3.8) is 0 Å². The van der Waals surface area contributed by atoms with Crippen LogP contribution in [0.1, 0.15) is 16.5 Å². The van der Waals surface area contributed by atoms with Gasteiger partial charge in [-0.05, 0) is 40.6 Å². The largest absolute Gasteiger partial charge is 0.129 e. The molecule has 106 valence electrons. The molecule has 0 nitrogen and oxygen atoms in total. The highest BCUT2D eigenvalue weighted by molar-refractivity contribution is 7.98. The molecule has 0 N–H and O–H groups in total. The van der Waals surface area contributed by atoms with E-state index in [-0.39, 0.29) is 5.38 Å². The minimum Gasteiger partial charge on any atom is -0.129 e. The molecule has 0 aliphatic carbocycles. The number of hydrogen-bond donors (Lipinski definition) is 0. The topological polar surface area (TPSA) is 0 Å². The lowest BCUT2D eigenvalue weighted by molar-refractivity contribution is 0.904. The molecule has 0 heterocycles. The minimum atomic E-state index is -0.000504. The molecule has 1 atom stereocenters. The van der Waals surface area contributed by atoms with Gasteiger partial charge >= 0.3 is 0 Å². The molecule has 0 aliphatic heterocycles. The molecule has 0 amide bonds. The first-order valence-electron chi connectivity index (χ1n) is 7.03. The first kappa shape index (κ1) is 14.5. The zero-order valence-electron chi connectivity index (χ0n) is 11.9. The molecule has 0 bridgehead atoms. The normalized spacial score (nSPS) is 12.5. The third-order valence-electron chi connectivity index (χ3n) is 3.76. The molecule has 0 radical (unpaired) electrons. The lowest BCUT2D eigenvalue weighted by Gasteiger charge is -2.15. The third-order valence-corrected chi connectivity index (χ3v) is 4.96. The maximum absolute atomic E-state index is 6.71. The Labute approximate surface area is 135 Å².